The Balaban J connectivity index is 0.980. The van der Waals surface area contributed by atoms with E-state index in [1.807, 2.05) is 0 Å². The van der Waals surface area contributed by atoms with Crippen molar-refractivity contribution in [1.82, 2.24) is 62.9 Å². The molecule has 0 aliphatic carbocycles. The maximum Gasteiger partial charge on any atom is 0.573 e. The van der Waals surface area contributed by atoms with E-state index in [1.165, 1.54) is 51.5 Å². The Morgan fingerprint density at radius 1 is 0.720 bits per heavy atom. The number of likely N-dealkylation sites (N-methyl/N-ethyl adjacent to an activating group) is 1. The molecule has 7 aromatic rings. The predicted octanol–water partition coefficient (Wildman–Crippen LogP) is 1.17. The highest BCUT2D eigenvalue weighted by Crippen LogP contribution is 2.50. The van der Waals surface area contributed by atoms with E-state index in [1.54, 1.807) is 20.8 Å². The van der Waals surface area contributed by atoms with Gasteiger partial charge in [0.05, 0.1) is 60.8 Å². The van der Waals surface area contributed by atoms with E-state index < -0.39 is 283 Å². The molecule has 22 N–H and O–H groups in total. The lowest BCUT2D eigenvalue weighted by Gasteiger charge is -2.48. The molecule has 0 radical (unpaired) electrons. The molecule has 7 aliphatic heterocycles. The molecular weight excluding hydrogens is 1790 g/mol. The van der Waals surface area contributed by atoms with Crippen molar-refractivity contribution in [3.8, 4) is 62.9 Å². The third-order valence-electron chi connectivity index (χ3n) is 22.2. The van der Waals surface area contributed by atoms with Crippen molar-refractivity contribution >= 4 is 88.1 Å². The normalized spacial score (nSPS) is 25.2. The molecule has 0 spiro atoms. The van der Waals surface area contributed by atoms with Crippen LogP contribution in [0.4, 0.5) is 19.0 Å². The number of phenols is 3. The van der Waals surface area contributed by atoms with Crippen LogP contribution in [0.3, 0.4) is 0 Å². The number of aromatic hydroxyl groups is 3. The first kappa shape index (κ1) is 98.4. The molecule has 7 aliphatic rings. The van der Waals surface area contributed by atoms with Crippen LogP contribution in [-0.2, 0) is 79.9 Å². The van der Waals surface area contributed by atoms with Crippen molar-refractivity contribution in [2.45, 2.75) is 182 Å². The molecule has 2 fully saturated rings. The number of aliphatic hydroxyl groups excluding tert-OH is 6. The zero-order valence-electron chi connectivity index (χ0n) is 70.9. The first-order valence-electron chi connectivity index (χ1n) is 41.0. The average Bonchev–Trinajstić information content (AvgIpc) is 0.766. The molecule has 14 rings (SSSR count). The fourth-order valence-electron chi connectivity index (χ4n) is 15.4. The highest BCUT2D eigenvalue weighted by atomic mass is 35.5. The lowest BCUT2D eigenvalue weighted by molar-refractivity contribution is -0.334. The molecule has 6 aromatic carbocycles. The molecular formula is C85H95Cl2F3N14O28. The van der Waals surface area contributed by atoms with Gasteiger partial charge >= 0.3 is 12.1 Å². The summed E-state index contributed by atoms with van der Waals surface area (Å²) in [6.07, 6.45) is -24.4. The number of primary amides is 1. The number of halogens is 5. The predicted molar refractivity (Wildman–Crippen MR) is 452 cm³/mol. The lowest BCUT2D eigenvalue weighted by Crippen LogP contribution is -2.65. The molecule has 1 aromatic heterocycles. The summed E-state index contributed by atoms with van der Waals surface area (Å²) in [7, 11) is 2.74. The van der Waals surface area contributed by atoms with Crippen LogP contribution in [0.25, 0.3) is 11.1 Å². The van der Waals surface area contributed by atoms with Gasteiger partial charge in [-0.1, -0.05) is 67.4 Å². The standard InChI is InChI=1S/C85H95Cl2F3N14O28/c1-35(2)23-48(92-5)75(117)100-66-68(112)39-10-15-52(46(86)26-39)127-54-28-41-29-55(72(54)131-82-73(71(115)70(114)56(34-105)129-82)130-61-33-84(4,74(116)36(3)126-61)93-19-21-104-20-17-58(96-83(104)124)95-60(111)24-37-7-12-43(13-8-37)132-85(88,89)90)128-53-16-11-40(27-47(53)87)69(113)67-80(122)99-65(81(123)103-102-59(110)18-22-125-6)45-30-42(106)31-51(108)62(45)44-25-38(9-14-50(44)107)63(77(119)101-67)98-78(120)64(41)97-76(118)49(32-57(91)109)94-79(66)121/h7-17,20,25-31,35-36,48-49,56,61,63-71,73-74,82,92-93,105-108,112-116H,18-19,21-24,32-34H2,1-6H3,(H2,91,109)(H,94,121)(H,97,118)(H,98,120)(H,99,122)(H,100,117)(H,101,119)(H,102,110)(H,103,123)(H,95,96,111,124). The summed E-state index contributed by atoms with van der Waals surface area (Å²) in [5.74, 6) is -18.5. The summed E-state index contributed by atoms with van der Waals surface area (Å²) in [5, 5.41) is 129. The smallest absolute Gasteiger partial charge is 0.508 e. The number of methoxy groups -OCH3 is 1. The first-order valence-corrected chi connectivity index (χ1v) is 41.8. The number of hydrogen-bond donors (Lipinski definition) is 21. The summed E-state index contributed by atoms with van der Waals surface area (Å²) < 4.78 is 87.6. The zero-order valence-corrected chi connectivity index (χ0v) is 72.4. The van der Waals surface area contributed by atoms with Gasteiger partial charge in [0, 0.05) is 55.5 Å². The number of nitrogens with two attached hydrogens (primary N) is 1. The van der Waals surface area contributed by atoms with E-state index in [-0.39, 0.29) is 68.2 Å². The lowest BCUT2D eigenvalue weighted by atomic mass is 9.85. The zero-order chi connectivity index (χ0) is 95.8. The SMILES string of the molecule is CNC(CC(C)C)C(=O)NC1C(=O)NC(CC(N)=O)C(=O)NC2C(=O)NC3C(=O)NC(C(=O)NC(C(=O)NNC(=O)CCOC)c4cc(O)cc(O)c4-c4cc3ccc4O)C(O)c3ccc(c(Cl)c3)Oc3cc2cc(c3OC2OC(CO)C(O)C(O)C2OC2CC(C)(NCCn3ccc(NC(=O)Cc4ccc(OC(F)(F)F)cc4)nc3=O)C(O)C(C)O2)Oc2ccc(cc2Cl)C1O. The molecule has 18 unspecified atom stereocenters. The van der Waals surface area contributed by atoms with Crippen molar-refractivity contribution in [1.29, 1.82) is 0 Å². The number of nitrogens with one attached hydrogen (secondary N) is 11. The van der Waals surface area contributed by atoms with E-state index >= 15 is 24.0 Å². The van der Waals surface area contributed by atoms with E-state index in [2.05, 4.69) is 68.4 Å². The van der Waals surface area contributed by atoms with Gasteiger partial charge in [0.1, 0.15) is 107 Å². The minimum absolute atomic E-state index is 0.107. The number of nitrogens with zero attached hydrogens (tertiary/aromatic N) is 2. The van der Waals surface area contributed by atoms with Crippen LogP contribution in [0.5, 0.6) is 51.7 Å². The van der Waals surface area contributed by atoms with E-state index in [0.29, 0.717) is 5.56 Å². The Labute approximate surface area is 757 Å². The molecule has 11 bridgehead atoms. The number of benzene rings is 6. The topological polar surface area (TPSA) is 620 Å². The summed E-state index contributed by atoms with van der Waals surface area (Å²) in [5.41, 5.74) is 4.99. The Hall–Kier alpha value is -12.6. The van der Waals surface area contributed by atoms with Crippen LogP contribution in [0, 0.1) is 5.92 Å². The van der Waals surface area contributed by atoms with Crippen molar-refractivity contribution < 1.29 is 145 Å². The van der Waals surface area contributed by atoms with Gasteiger partial charge in [-0.05, 0) is 139 Å². The summed E-state index contributed by atoms with van der Waals surface area (Å²) >= 11 is 14.4. The highest BCUT2D eigenvalue weighted by molar-refractivity contribution is 6.32. The molecule has 8 heterocycles. The van der Waals surface area contributed by atoms with E-state index in [4.69, 9.17) is 62.1 Å². The molecule has 47 heteroatoms. The number of aliphatic hydroxyl groups is 6. The number of hydrogen-bond acceptors (Lipinski definition) is 31. The number of amides is 10. The third kappa shape index (κ3) is 23.3. The Morgan fingerprint density at radius 2 is 1.36 bits per heavy atom. The van der Waals surface area contributed by atoms with Gasteiger partial charge in [0.15, 0.2) is 23.9 Å². The number of carbonyl (C=O) groups is 10. The van der Waals surface area contributed by atoms with Crippen molar-refractivity contribution in [3.63, 3.8) is 0 Å². The number of hydrazine groups is 1. The largest absolute Gasteiger partial charge is 0.573 e. The molecule has 10 amide bonds. The second-order valence-electron chi connectivity index (χ2n) is 32.2. The number of carbonyl (C=O) groups excluding carboxylic acids is 10. The molecule has 42 nitrogen and oxygen atoms in total. The van der Waals surface area contributed by atoms with E-state index in [0.717, 1.165) is 89.5 Å². The summed E-state index contributed by atoms with van der Waals surface area (Å²) in [6, 6.07) is 4.47. The van der Waals surface area contributed by atoms with Crippen molar-refractivity contribution in [2.75, 3.05) is 39.2 Å². The third-order valence-corrected chi connectivity index (χ3v) is 22.7. The Bertz CT molecular complexity index is 5590. The second kappa shape index (κ2) is 41.9. The van der Waals surface area contributed by atoms with E-state index in [9.17, 15) is 87.9 Å². The van der Waals surface area contributed by atoms with Crippen LogP contribution in [0.1, 0.15) is 117 Å². The van der Waals surface area contributed by atoms with Crippen molar-refractivity contribution in [2.24, 2.45) is 11.7 Å². The fourth-order valence-corrected chi connectivity index (χ4v) is 15.9. The average molecular weight is 1890 g/mol. The van der Waals surface area contributed by atoms with Gasteiger partial charge in [-0.3, -0.25) is 63.4 Å². The van der Waals surface area contributed by atoms with Gasteiger partial charge in [-0.25, -0.2) is 4.79 Å². The molecule has 0 saturated carbocycles. The number of rotatable bonds is 24. The Kier molecular flexibility index (Phi) is 31.2. The second-order valence-corrected chi connectivity index (χ2v) is 33.0. The van der Waals surface area contributed by atoms with Crippen LogP contribution >= 0.6 is 23.2 Å². The van der Waals surface area contributed by atoms with Gasteiger partial charge in [-0.15, -0.1) is 13.2 Å². The summed E-state index contributed by atoms with van der Waals surface area (Å²) in [6.45, 7) is 5.16. The van der Waals surface area contributed by atoms with Gasteiger partial charge in [0.2, 0.25) is 65.2 Å². The number of anilines is 1. The van der Waals surface area contributed by atoms with Crippen LogP contribution in [-0.4, -0.2) is 234 Å². The van der Waals surface area contributed by atoms with Crippen LogP contribution in [0.2, 0.25) is 10.0 Å². The minimum Gasteiger partial charge on any atom is -0.508 e. The maximum absolute atomic E-state index is 16.4. The quantitative estimate of drug-likeness (QED) is 0.0378. The molecule has 132 heavy (non-hydrogen) atoms. The number of aromatic nitrogens is 2. The molecule has 2 saturated heterocycles. The molecule has 708 valence electrons. The fraction of sp³-hybridized carbons (Fsp3) is 0.412. The monoisotopic (exact) mass is 1890 g/mol. The maximum atomic E-state index is 16.4. The van der Waals surface area contributed by atoms with Crippen LogP contribution in [0.15, 0.2) is 120 Å². The van der Waals surface area contributed by atoms with Gasteiger partial charge in [0.25, 0.3) is 5.91 Å². The number of fused-ring (bicyclic) bond motifs is 15. The van der Waals surface area contributed by atoms with Crippen molar-refractivity contribution in [3.05, 3.63) is 169 Å². The summed E-state index contributed by atoms with van der Waals surface area (Å²) in [4.78, 5) is 164. The number of phenolic OH excluding ortho intramolecular Hbond substituents is 3. The highest BCUT2D eigenvalue weighted by Gasteiger charge is 2.53. The minimum atomic E-state index is -4.95. The van der Waals surface area contributed by atoms with Crippen LogP contribution < -0.4 is 89.1 Å². The Morgan fingerprint density at radius 3 is 1.98 bits per heavy atom. The number of alkyl halides is 3. The van der Waals surface area contributed by atoms with Gasteiger partial charge < -0.3 is 137 Å². The molecule has 18 atom stereocenters. The number of ether oxygens (including phenoxy) is 8. The van der Waals surface area contributed by atoms with Gasteiger partial charge in [-0.2, -0.15) is 4.98 Å². The first-order chi connectivity index (χ1) is 62.5.